The molecule has 20 nitrogen and oxygen atoms in total. The molecule has 0 saturated carbocycles. The summed E-state index contributed by atoms with van der Waals surface area (Å²) in [5.41, 5.74) is 18.0. The van der Waals surface area contributed by atoms with E-state index in [1.807, 2.05) is 320 Å². The maximum Gasteiger partial charge on any atom is 0.308 e. The van der Waals surface area contributed by atoms with E-state index in [2.05, 4.69) is 62.4 Å². The molecule has 0 amide bonds. The Labute approximate surface area is 821 Å². The van der Waals surface area contributed by atoms with Crippen molar-refractivity contribution in [2.45, 2.75) is 136 Å². The third-order valence-corrected chi connectivity index (χ3v) is 18.7. The van der Waals surface area contributed by atoms with E-state index >= 15 is 0 Å². The van der Waals surface area contributed by atoms with Crippen molar-refractivity contribution in [1.82, 2.24) is 0 Å². The van der Waals surface area contributed by atoms with Crippen LogP contribution in [-0.2, 0) is 60.8 Å². The van der Waals surface area contributed by atoms with Crippen LogP contribution in [0.3, 0.4) is 0 Å². The van der Waals surface area contributed by atoms with Gasteiger partial charge >= 0.3 is 59.7 Å². The molecule has 0 aliphatic carbocycles. The van der Waals surface area contributed by atoms with Gasteiger partial charge in [-0.1, -0.05) is 305 Å². The standard InChI is InChI=1S/C17H18O2.2C15H14O2.2C14H12O2.C10H12O2.3C9H10O2.C8H8O2/c1-12(2)14-4-6-15(7-5-14)16-8-10-17(11-9-16)19-13(3)18;1-12(16)17-15-10-6-5-9-14(15)11-13-7-3-2-4-8-13;1-12(16)17-15-9-7-14(8-10-15)11-13-5-3-2-4-6-13;1-11(15)16-14-10-6-5-9-13(14)12-7-3-2-4-8-12;1-11(15)16-14-9-7-13(8-10-14)12-5-3-2-4-6-12;1-7-4-8(2)6-10(5-7)12-9(3)11;1-7-3-5-9(6-4-7)11-8(2)10;1-7-4-3-5-9(6-7)11-8(2)10;1-7-5-3-4-6-9(7)11-8(2)10;1-7(9)10-8-5-3-2-4-6-8/h4-12H,1-3H3;2*2-10H,11H2,1H3;2*2-10H,1H3;4-6H,1-3H3;3*3-6H,1-2H3;2-6H,1H3. The Morgan fingerprint density at radius 3 is 0.900 bits per heavy atom. The molecule has 20 heteroatoms. The molecule has 0 heterocycles. The molecule has 0 fully saturated rings. The van der Waals surface area contributed by atoms with E-state index in [1.165, 1.54) is 97.1 Å². The fraction of sp³-hybridized carbons (Fsp3) is 0.167. The van der Waals surface area contributed by atoms with E-state index in [9.17, 15) is 47.9 Å². The average molecular weight is 1880 g/mol. The number of esters is 10. The van der Waals surface area contributed by atoms with Gasteiger partial charge in [0.25, 0.3) is 0 Å². The second-order valence-electron chi connectivity index (χ2n) is 31.6. The summed E-state index contributed by atoms with van der Waals surface area (Å²) in [4.78, 5) is 107. The van der Waals surface area contributed by atoms with Crippen molar-refractivity contribution < 1.29 is 95.3 Å². The number of benzene rings is 15. The first-order valence-electron chi connectivity index (χ1n) is 44.9. The minimum atomic E-state index is -0.302. The molecule has 15 rings (SSSR count). The molecule has 0 radical (unpaired) electrons. The Kier molecular flexibility index (Phi) is 49.3. The highest BCUT2D eigenvalue weighted by molar-refractivity contribution is 5.78. The van der Waals surface area contributed by atoms with E-state index in [1.54, 1.807) is 54.6 Å². The minimum Gasteiger partial charge on any atom is -0.427 e. The highest BCUT2D eigenvalue weighted by Gasteiger charge is 2.12. The summed E-state index contributed by atoms with van der Waals surface area (Å²) in [6, 6.07) is 123. The normalized spacial score (nSPS) is 9.73. The number of ether oxygens (including phenoxy) is 10. The largest absolute Gasteiger partial charge is 0.427 e. The molecule has 140 heavy (non-hydrogen) atoms. The van der Waals surface area contributed by atoms with Crippen LogP contribution >= 0.6 is 0 Å². The van der Waals surface area contributed by atoms with Crippen LogP contribution in [0.2, 0.25) is 0 Å². The van der Waals surface area contributed by atoms with Gasteiger partial charge in [0.15, 0.2) is 0 Å². The fourth-order valence-electron chi connectivity index (χ4n) is 12.7. The van der Waals surface area contributed by atoms with Crippen molar-refractivity contribution in [2.24, 2.45) is 0 Å². The van der Waals surface area contributed by atoms with Crippen LogP contribution in [0.1, 0.15) is 145 Å². The Morgan fingerprint density at radius 2 is 0.486 bits per heavy atom. The van der Waals surface area contributed by atoms with Crippen molar-refractivity contribution in [3.05, 3.63) is 444 Å². The lowest BCUT2D eigenvalue weighted by atomic mass is 9.99. The molecule has 0 aliphatic heterocycles. The zero-order chi connectivity index (χ0) is 102. The monoisotopic (exact) mass is 1880 g/mol. The first-order chi connectivity index (χ1) is 67.0. The van der Waals surface area contributed by atoms with Gasteiger partial charge in [-0.3, -0.25) is 47.9 Å². The van der Waals surface area contributed by atoms with Gasteiger partial charge in [0.2, 0.25) is 0 Å². The van der Waals surface area contributed by atoms with Crippen molar-refractivity contribution in [3.8, 4) is 90.9 Å². The SMILES string of the molecule is CC(=O)Oc1cc(C)cc(C)c1.CC(=O)Oc1ccc(-c2ccc(C(C)C)cc2)cc1.CC(=O)Oc1ccc(-c2ccccc2)cc1.CC(=O)Oc1ccc(C)cc1.CC(=O)Oc1ccc(Cc2ccccc2)cc1.CC(=O)Oc1cccc(C)c1.CC(=O)Oc1ccccc1.CC(=O)Oc1ccccc1-c1ccccc1.CC(=O)Oc1ccccc1C.CC(=O)Oc1ccccc1Cc1ccccc1. The lowest BCUT2D eigenvalue weighted by Gasteiger charge is -2.08. The van der Waals surface area contributed by atoms with Crippen LogP contribution in [0.4, 0.5) is 0 Å². The topological polar surface area (TPSA) is 263 Å². The Morgan fingerprint density at radius 1 is 0.200 bits per heavy atom. The number of hydrogen-bond donors (Lipinski definition) is 0. The van der Waals surface area contributed by atoms with Gasteiger partial charge in [-0.05, 0) is 228 Å². The third kappa shape index (κ3) is 47.3. The second kappa shape index (κ2) is 61.8. The molecule has 0 bridgehead atoms. The number of hydrogen-bond acceptors (Lipinski definition) is 20. The van der Waals surface area contributed by atoms with Gasteiger partial charge in [-0.2, -0.15) is 0 Å². The average Bonchev–Trinajstić information content (AvgIpc) is 0.843. The van der Waals surface area contributed by atoms with E-state index in [4.69, 9.17) is 47.4 Å². The molecule has 0 aliphatic rings. The van der Waals surface area contributed by atoms with Crippen LogP contribution < -0.4 is 47.4 Å². The smallest absolute Gasteiger partial charge is 0.308 e. The second-order valence-corrected chi connectivity index (χ2v) is 31.6. The molecule has 0 saturated heterocycles. The van der Waals surface area contributed by atoms with Crippen LogP contribution in [0.5, 0.6) is 57.5 Å². The van der Waals surface area contributed by atoms with Gasteiger partial charge in [0.05, 0.1) is 0 Å². The van der Waals surface area contributed by atoms with Gasteiger partial charge < -0.3 is 47.4 Å². The summed E-state index contributed by atoms with van der Waals surface area (Å²) in [5.74, 6) is 3.71. The number of para-hydroxylation sites is 4. The number of aryl methyl sites for hydroxylation is 5. The number of carbonyl (C=O) groups is 10. The first-order valence-corrected chi connectivity index (χ1v) is 44.9. The zero-order valence-corrected chi connectivity index (χ0v) is 82.1. The number of carbonyl (C=O) groups excluding carboxylic acids is 10. The molecule has 0 aromatic heterocycles. The Bertz CT molecular complexity index is 6330. The maximum absolute atomic E-state index is 11.0. The van der Waals surface area contributed by atoms with Crippen molar-refractivity contribution in [2.75, 3.05) is 0 Å². The van der Waals surface area contributed by atoms with E-state index in [0.29, 0.717) is 63.4 Å². The minimum absolute atomic E-state index is 0.278. The Hall–Kier alpha value is -17.0. The van der Waals surface area contributed by atoms with Gasteiger partial charge in [-0.15, -0.1) is 0 Å². The quantitative estimate of drug-likeness (QED) is 0.0571. The summed E-state index contributed by atoms with van der Waals surface area (Å²) in [6.07, 6.45) is 1.66. The summed E-state index contributed by atoms with van der Waals surface area (Å²) in [5, 5.41) is 0. The van der Waals surface area contributed by atoms with E-state index in [-0.39, 0.29) is 59.7 Å². The predicted octanol–water partition coefficient (Wildman–Crippen LogP) is 27.0. The van der Waals surface area contributed by atoms with Crippen LogP contribution in [0.15, 0.2) is 388 Å². The molecular weight excluding hydrogens is 1760 g/mol. The van der Waals surface area contributed by atoms with Crippen molar-refractivity contribution in [1.29, 1.82) is 0 Å². The van der Waals surface area contributed by atoms with Crippen LogP contribution in [-0.4, -0.2) is 59.7 Å². The van der Waals surface area contributed by atoms with E-state index < -0.39 is 0 Å². The molecule has 0 unspecified atom stereocenters. The van der Waals surface area contributed by atoms with Crippen LogP contribution in [0.25, 0.3) is 33.4 Å². The van der Waals surface area contributed by atoms with Crippen molar-refractivity contribution >= 4 is 59.7 Å². The maximum atomic E-state index is 11.0. The fourth-order valence-corrected chi connectivity index (χ4v) is 12.7. The Balaban J connectivity index is 0.000000240. The third-order valence-electron chi connectivity index (χ3n) is 18.7. The molecule has 0 atom stereocenters. The molecular formula is C120H120O20. The lowest BCUT2D eigenvalue weighted by Crippen LogP contribution is -2.04. The summed E-state index contributed by atoms with van der Waals surface area (Å²) < 4.78 is 49.6. The highest BCUT2D eigenvalue weighted by Crippen LogP contribution is 2.31. The highest BCUT2D eigenvalue weighted by atomic mass is 16.6. The molecule has 15 aromatic rings. The van der Waals surface area contributed by atoms with Crippen molar-refractivity contribution in [3.63, 3.8) is 0 Å². The molecule has 15 aromatic carbocycles. The lowest BCUT2D eigenvalue weighted by molar-refractivity contribution is -0.132. The predicted molar refractivity (Wildman–Crippen MR) is 550 cm³/mol. The zero-order valence-electron chi connectivity index (χ0n) is 82.1. The molecule has 0 N–H and O–H groups in total. The summed E-state index contributed by atoms with van der Waals surface area (Å²) >= 11 is 0. The molecule has 720 valence electrons. The van der Waals surface area contributed by atoms with E-state index in [0.717, 1.165) is 74.0 Å². The van der Waals surface area contributed by atoms with Gasteiger partial charge in [-0.25, -0.2) is 0 Å². The van der Waals surface area contributed by atoms with Gasteiger partial charge in [0.1, 0.15) is 57.5 Å². The number of rotatable bonds is 18. The van der Waals surface area contributed by atoms with Crippen LogP contribution in [0, 0.1) is 34.6 Å². The van der Waals surface area contributed by atoms with Gasteiger partial charge in [0, 0.05) is 81.2 Å². The molecule has 0 spiro atoms. The first kappa shape index (κ1) is 112. The summed E-state index contributed by atoms with van der Waals surface area (Å²) in [6.45, 7) is 28.1. The summed E-state index contributed by atoms with van der Waals surface area (Å²) in [7, 11) is 0.